The van der Waals surface area contributed by atoms with E-state index in [1.807, 2.05) is 0 Å². The highest BCUT2D eigenvalue weighted by molar-refractivity contribution is 4.93. The number of ether oxygens (including phenoxy) is 1. The lowest BCUT2D eigenvalue weighted by molar-refractivity contribution is 0.126. The Hall–Kier alpha value is -0.120. The van der Waals surface area contributed by atoms with Gasteiger partial charge in [0.05, 0.1) is 6.61 Å². The summed E-state index contributed by atoms with van der Waals surface area (Å²) in [5.74, 6) is 0. The molecule has 1 N–H and O–H groups in total. The summed E-state index contributed by atoms with van der Waals surface area (Å²) in [5.41, 5.74) is 0. The fourth-order valence-corrected chi connectivity index (χ4v) is 3.15. The number of unbranched alkanes of at least 4 members (excludes halogenated alkanes) is 1. The molecule has 0 bridgehead atoms. The first kappa shape index (κ1) is 13.3. The molecule has 3 nitrogen and oxygen atoms in total. The van der Waals surface area contributed by atoms with Crippen molar-refractivity contribution in [2.24, 2.45) is 0 Å². The van der Waals surface area contributed by atoms with Crippen molar-refractivity contribution >= 4 is 0 Å². The first-order valence-corrected chi connectivity index (χ1v) is 7.47. The third-order valence-corrected chi connectivity index (χ3v) is 4.15. The van der Waals surface area contributed by atoms with Crippen LogP contribution in [0, 0.1) is 0 Å². The van der Waals surface area contributed by atoms with Crippen LogP contribution in [0.2, 0.25) is 0 Å². The summed E-state index contributed by atoms with van der Waals surface area (Å²) in [6.45, 7) is 7.67. The van der Waals surface area contributed by atoms with Crippen LogP contribution in [0.25, 0.3) is 0 Å². The summed E-state index contributed by atoms with van der Waals surface area (Å²) >= 11 is 0. The second kappa shape index (κ2) is 7.34. The summed E-state index contributed by atoms with van der Waals surface area (Å²) in [6.07, 6.45) is 7.98. The zero-order valence-corrected chi connectivity index (χ0v) is 11.3. The highest BCUT2D eigenvalue weighted by Crippen LogP contribution is 2.26. The monoisotopic (exact) mass is 240 g/mol. The molecule has 2 fully saturated rings. The molecule has 17 heavy (non-hydrogen) atoms. The Balaban J connectivity index is 1.56. The van der Waals surface area contributed by atoms with Crippen LogP contribution in [0.1, 0.15) is 45.4 Å². The van der Waals surface area contributed by atoms with Crippen LogP contribution in [0.4, 0.5) is 0 Å². The minimum Gasteiger partial charge on any atom is -0.380 e. The number of nitrogens with zero attached hydrogens (tertiary/aromatic N) is 1. The highest BCUT2D eigenvalue weighted by Gasteiger charge is 2.34. The molecule has 2 unspecified atom stereocenters. The molecule has 2 atom stereocenters. The highest BCUT2D eigenvalue weighted by atomic mass is 16.5. The maximum atomic E-state index is 5.59. The van der Waals surface area contributed by atoms with Crippen molar-refractivity contribution in [3.8, 4) is 0 Å². The molecule has 2 aliphatic rings. The van der Waals surface area contributed by atoms with E-state index in [0.717, 1.165) is 31.8 Å². The predicted molar refractivity (Wildman–Crippen MR) is 71.3 cm³/mol. The van der Waals surface area contributed by atoms with Crippen molar-refractivity contribution in [3.63, 3.8) is 0 Å². The van der Waals surface area contributed by atoms with Crippen LogP contribution in [-0.4, -0.2) is 49.8 Å². The van der Waals surface area contributed by atoms with Gasteiger partial charge in [-0.15, -0.1) is 0 Å². The van der Waals surface area contributed by atoms with Gasteiger partial charge in [0, 0.05) is 31.8 Å². The molecular formula is C14H28N2O. The van der Waals surface area contributed by atoms with Crippen molar-refractivity contribution < 1.29 is 4.74 Å². The number of hydrogen-bond donors (Lipinski definition) is 1. The predicted octanol–water partition coefficient (Wildman–Crippen LogP) is 2.02. The van der Waals surface area contributed by atoms with E-state index in [9.17, 15) is 0 Å². The molecule has 0 spiro atoms. The molecule has 0 aliphatic carbocycles. The number of fused-ring (bicyclic) bond motifs is 1. The standard InChI is InChI=1S/C14H28N2O/c1-2-3-11-17-12-8-15-13-7-10-16-9-5-4-6-14(13)16/h13-15H,2-12H2,1H3. The van der Waals surface area contributed by atoms with Crippen molar-refractivity contribution in [2.75, 3.05) is 32.8 Å². The second-order valence-corrected chi connectivity index (χ2v) is 5.41. The lowest BCUT2D eigenvalue weighted by Gasteiger charge is -2.32. The molecule has 100 valence electrons. The first-order chi connectivity index (χ1) is 8.42. The van der Waals surface area contributed by atoms with Crippen LogP contribution in [0.15, 0.2) is 0 Å². The number of piperidine rings is 1. The van der Waals surface area contributed by atoms with E-state index < -0.39 is 0 Å². The fourth-order valence-electron chi connectivity index (χ4n) is 3.15. The lowest BCUT2D eigenvalue weighted by atomic mass is 9.99. The zero-order valence-electron chi connectivity index (χ0n) is 11.3. The Morgan fingerprint density at radius 2 is 2.12 bits per heavy atom. The Morgan fingerprint density at radius 3 is 3.00 bits per heavy atom. The van der Waals surface area contributed by atoms with E-state index in [1.54, 1.807) is 0 Å². The van der Waals surface area contributed by atoms with Crippen LogP contribution >= 0.6 is 0 Å². The Morgan fingerprint density at radius 1 is 1.18 bits per heavy atom. The van der Waals surface area contributed by atoms with E-state index in [0.29, 0.717) is 0 Å². The summed E-state index contributed by atoms with van der Waals surface area (Å²) in [6, 6.07) is 1.55. The molecular weight excluding hydrogens is 212 g/mol. The van der Waals surface area contributed by atoms with Crippen molar-refractivity contribution in [2.45, 2.75) is 57.5 Å². The van der Waals surface area contributed by atoms with Gasteiger partial charge in [0.15, 0.2) is 0 Å². The van der Waals surface area contributed by atoms with Crippen LogP contribution in [0.3, 0.4) is 0 Å². The number of nitrogens with one attached hydrogen (secondary N) is 1. The minimum absolute atomic E-state index is 0.727. The van der Waals surface area contributed by atoms with Crippen molar-refractivity contribution in [3.05, 3.63) is 0 Å². The molecule has 3 heteroatoms. The molecule has 0 aromatic rings. The largest absolute Gasteiger partial charge is 0.380 e. The second-order valence-electron chi connectivity index (χ2n) is 5.41. The van der Waals surface area contributed by atoms with Crippen molar-refractivity contribution in [1.29, 1.82) is 0 Å². The van der Waals surface area contributed by atoms with E-state index >= 15 is 0 Å². The Labute approximate surface area is 106 Å². The van der Waals surface area contributed by atoms with Gasteiger partial charge in [0.1, 0.15) is 0 Å². The molecule has 0 amide bonds. The maximum Gasteiger partial charge on any atom is 0.0591 e. The quantitative estimate of drug-likeness (QED) is 0.689. The van der Waals surface area contributed by atoms with Gasteiger partial charge in [-0.1, -0.05) is 19.8 Å². The molecule has 0 aromatic heterocycles. The van der Waals surface area contributed by atoms with E-state index in [-0.39, 0.29) is 0 Å². The van der Waals surface area contributed by atoms with Crippen molar-refractivity contribution in [1.82, 2.24) is 10.2 Å². The Bertz CT molecular complexity index is 210. The molecule has 0 saturated carbocycles. The topological polar surface area (TPSA) is 24.5 Å². The first-order valence-electron chi connectivity index (χ1n) is 7.47. The fraction of sp³-hybridized carbons (Fsp3) is 1.00. The molecule has 2 aliphatic heterocycles. The average Bonchev–Trinajstić information content (AvgIpc) is 2.77. The van der Waals surface area contributed by atoms with Crippen LogP contribution in [0.5, 0.6) is 0 Å². The normalized spacial score (nSPS) is 29.5. The maximum absolute atomic E-state index is 5.59. The van der Waals surface area contributed by atoms with Gasteiger partial charge in [-0.3, -0.25) is 4.90 Å². The summed E-state index contributed by atoms with van der Waals surface area (Å²) < 4.78 is 5.59. The van der Waals surface area contributed by atoms with E-state index in [2.05, 4.69) is 17.1 Å². The molecule has 2 heterocycles. The summed E-state index contributed by atoms with van der Waals surface area (Å²) in [5, 5.41) is 3.69. The molecule has 0 aromatic carbocycles. The zero-order chi connectivity index (χ0) is 11.9. The third kappa shape index (κ3) is 3.94. The smallest absolute Gasteiger partial charge is 0.0591 e. The van der Waals surface area contributed by atoms with Gasteiger partial charge < -0.3 is 10.1 Å². The van der Waals surface area contributed by atoms with Gasteiger partial charge in [-0.05, 0) is 32.2 Å². The van der Waals surface area contributed by atoms with E-state index in [1.165, 1.54) is 51.6 Å². The summed E-state index contributed by atoms with van der Waals surface area (Å²) in [7, 11) is 0. The molecule has 2 saturated heterocycles. The summed E-state index contributed by atoms with van der Waals surface area (Å²) in [4.78, 5) is 2.68. The third-order valence-electron chi connectivity index (χ3n) is 4.15. The average molecular weight is 240 g/mol. The van der Waals surface area contributed by atoms with Gasteiger partial charge in [-0.2, -0.15) is 0 Å². The SMILES string of the molecule is CCCCOCCNC1CCN2CCCCC12. The van der Waals surface area contributed by atoms with Gasteiger partial charge in [0.2, 0.25) is 0 Å². The molecule has 0 radical (unpaired) electrons. The Kier molecular flexibility index (Phi) is 5.75. The van der Waals surface area contributed by atoms with Crippen LogP contribution in [-0.2, 0) is 4.74 Å². The van der Waals surface area contributed by atoms with Gasteiger partial charge >= 0.3 is 0 Å². The molecule has 2 rings (SSSR count). The van der Waals surface area contributed by atoms with Crippen LogP contribution < -0.4 is 5.32 Å². The minimum atomic E-state index is 0.727. The van der Waals surface area contributed by atoms with E-state index in [4.69, 9.17) is 4.74 Å². The van der Waals surface area contributed by atoms with Gasteiger partial charge in [0.25, 0.3) is 0 Å². The number of rotatable bonds is 7. The van der Waals surface area contributed by atoms with Gasteiger partial charge in [-0.25, -0.2) is 0 Å². The number of hydrogen-bond acceptors (Lipinski definition) is 3. The lowest BCUT2D eigenvalue weighted by Crippen LogP contribution is -2.45.